The summed E-state index contributed by atoms with van der Waals surface area (Å²) in [5.74, 6) is 0.771. The molecule has 1 saturated heterocycles. The average molecular weight is 394 g/mol. The minimum absolute atomic E-state index is 0.144. The maximum atomic E-state index is 13.5. The van der Waals surface area contributed by atoms with E-state index < -0.39 is 0 Å². The molecule has 0 radical (unpaired) electrons. The minimum Gasteiger partial charge on any atom is -0.361 e. The second kappa shape index (κ2) is 7.51. The van der Waals surface area contributed by atoms with E-state index in [1.165, 1.54) is 32.1 Å². The summed E-state index contributed by atoms with van der Waals surface area (Å²) in [5, 5.41) is 4.13. The van der Waals surface area contributed by atoms with Crippen LogP contribution in [0.2, 0.25) is 0 Å². The summed E-state index contributed by atoms with van der Waals surface area (Å²) < 4.78 is 0. The fourth-order valence-corrected chi connectivity index (χ4v) is 5.68. The number of hydrogen-bond donors (Lipinski definition) is 2. The molecule has 1 unspecified atom stereocenters. The Hall–Kier alpha value is -2.30. The van der Waals surface area contributed by atoms with Crippen molar-refractivity contribution in [3.05, 3.63) is 36.0 Å². The van der Waals surface area contributed by atoms with Gasteiger partial charge in [0, 0.05) is 48.2 Å². The Balaban J connectivity index is 1.33. The molecular formula is C24H31N3O2. The van der Waals surface area contributed by atoms with Gasteiger partial charge in [0.2, 0.25) is 5.91 Å². The van der Waals surface area contributed by atoms with Gasteiger partial charge in [-0.1, -0.05) is 25.3 Å². The van der Waals surface area contributed by atoms with E-state index in [4.69, 9.17) is 0 Å². The highest BCUT2D eigenvalue weighted by Crippen LogP contribution is 2.49. The first-order valence-electron chi connectivity index (χ1n) is 11.3. The van der Waals surface area contributed by atoms with Crippen LogP contribution in [0.4, 0.5) is 0 Å². The van der Waals surface area contributed by atoms with Crippen LogP contribution in [0.1, 0.15) is 68.1 Å². The molecule has 3 aliphatic rings. The van der Waals surface area contributed by atoms with Crippen LogP contribution in [0.3, 0.4) is 0 Å². The SMILES string of the molecule is O=C(CCC1CN(C(=O)c2cccc3[nH]ccc23)CC12CCCCC2)NC1CC1. The molecule has 1 aliphatic heterocycles. The number of benzene rings is 1. The number of amides is 2. The summed E-state index contributed by atoms with van der Waals surface area (Å²) in [7, 11) is 0. The molecule has 1 aromatic heterocycles. The molecule has 1 aromatic carbocycles. The summed E-state index contributed by atoms with van der Waals surface area (Å²) in [5.41, 5.74) is 2.01. The highest BCUT2D eigenvalue weighted by atomic mass is 16.2. The van der Waals surface area contributed by atoms with Crippen LogP contribution in [-0.4, -0.2) is 40.8 Å². The number of rotatable bonds is 5. The molecule has 0 bridgehead atoms. The number of nitrogens with one attached hydrogen (secondary N) is 2. The number of carbonyl (C=O) groups is 2. The van der Waals surface area contributed by atoms with E-state index >= 15 is 0 Å². The number of carbonyl (C=O) groups excluding carboxylic acids is 2. The molecule has 5 heteroatoms. The molecule has 2 aromatic rings. The van der Waals surface area contributed by atoms with Crippen molar-refractivity contribution in [1.29, 1.82) is 0 Å². The van der Waals surface area contributed by atoms with Gasteiger partial charge in [0.15, 0.2) is 0 Å². The van der Waals surface area contributed by atoms with E-state index in [1.807, 2.05) is 30.5 Å². The van der Waals surface area contributed by atoms with E-state index in [0.29, 0.717) is 18.4 Å². The largest absolute Gasteiger partial charge is 0.361 e. The van der Waals surface area contributed by atoms with E-state index in [9.17, 15) is 9.59 Å². The molecule has 3 fully saturated rings. The van der Waals surface area contributed by atoms with E-state index in [1.54, 1.807) is 0 Å². The summed E-state index contributed by atoms with van der Waals surface area (Å²) in [6.07, 6.45) is 11.8. The molecule has 2 N–H and O–H groups in total. The van der Waals surface area contributed by atoms with Crippen molar-refractivity contribution in [3.63, 3.8) is 0 Å². The maximum absolute atomic E-state index is 13.5. The van der Waals surface area contributed by atoms with E-state index in [0.717, 1.165) is 48.8 Å². The maximum Gasteiger partial charge on any atom is 0.254 e. The zero-order chi connectivity index (χ0) is 19.8. The Kier molecular flexibility index (Phi) is 4.84. The van der Waals surface area contributed by atoms with Crippen molar-refractivity contribution >= 4 is 22.7 Å². The van der Waals surface area contributed by atoms with Gasteiger partial charge in [-0.2, -0.15) is 0 Å². The van der Waals surface area contributed by atoms with Crippen molar-refractivity contribution in [1.82, 2.24) is 15.2 Å². The molecule has 2 amide bonds. The summed E-state index contributed by atoms with van der Waals surface area (Å²) >= 11 is 0. The monoisotopic (exact) mass is 393 g/mol. The van der Waals surface area contributed by atoms with Crippen LogP contribution >= 0.6 is 0 Å². The van der Waals surface area contributed by atoms with Crippen LogP contribution < -0.4 is 5.32 Å². The Morgan fingerprint density at radius 2 is 1.97 bits per heavy atom. The fourth-order valence-electron chi connectivity index (χ4n) is 5.68. The number of aromatic amines is 1. The molecule has 2 aliphatic carbocycles. The number of fused-ring (bicyclic) bond motifs is 1. The average Bonchev–Trinajstić information content (AvgIpc) is 3.29. The van der Waals surface area contributed by atoms with Crippen LogP contribution in [0.5, 0.6) is 0 Å². The Morgan fingerprint density at radius 3 is 2.76 bits per heavy atom. The first-order valence-corrected chi connectivity index (χ1v) is 11.3. The molecule has 154 valence electrons. The van der Waals surface area contributed by atoms with Crippen molar-refractivity contribution < 1.29 is 9.59 Å². The number of aromatic nitrogens is 1. The van der Waals surface area contributed by atoms with Gasteiger partial charge in [0.05, 0.1) is 0 Å². The third-order valence-corrected chi connectivity index (χ3v) is 7.44. The van der Waals surface area contributed by atoms with Crippen LogP contribution in [-0.2, 0) is 4.79 Å². The lowest BCUT2D eigenvalue weighted by molar-refractivity contribution is -0.121. The van der Waals surface area contributed by atoms with E-state index in [-0.39, 0.29) is 17.2 Å². The van der Waals surface area contributed by atoms with Crippen molar-refractivity contribution in [2.45, 2.75) is 63.8 Å². The molecular weight excluding hydrogens is 362 g/mol. The molecule has 2 saturated carbocycles. The van der Waals surface area contributed by atoms with Gasteiger partial charge in [0.25, 0.3) is 5.91 Å². The van der Waals surface area contributed by atoms with E-state index in [2.05, 4.69) is 15.2 Å². The lowest BCUT2D eigenvalue weighted by Gasteiger charge is -2.38. The number of H-pyrrole nitrogens is 1. The van der Waals surface area contributed by atoms with Gasteiger partial charge in [-0.05, 0) is 61.6 Å². The smallest absolute Gasteiger partial charge is 0.254 e. The first kappa shape index (κ1) is 18.7. The first-order chi connectivity index (χ1) is 14.1. The zero-order valence-electron chi connectivity index (χ0n) is 17.1. The quantitative estimate of drug-likeness (QED) is 0.798. The minimum atomic E-state index is 0.144. The molecule has 1 spiro atoms. The third-order valence-electron chi connectivity index (χ3n) is 7.44. The van der Waals surface area contributed by atoms with Gasteiger partial charge in [-0.15, -0.1) is 0 Å². The summed E-state index contributed by atoms with van der Waals surface area (Å²) in [6.45, 7) is 1.64. The standard InChI is InChI=1S/C24H31N3O2/c28-22(26-18-8-9-18)10-7-17-15-27(16-24(17)12-2-1-3-13-24)23(29)20-5-4-6-21-19(20)11-14-25-21/h4-6,11,14,17-18,25H,1-3,7-10,12-13,15-16H2,(H,26,28). The number of hydrogen-bond acceptors (Lipinski definition) is 2. The fraction of sp³-hybridized carbons (Fsp3) is 0.583. The normalized spacial score (nSPS) is 23.6. The van der Waals surface area contributed by atoms with Gasteiger partial charge in [-0.3, -0.25) is 9.59 Å². The van der Waals surface area contributed by atoms with Gasteiger partial charge in [0.1, 0.15) is 0 Å². The second-order valence-electron chi connectivity index (χ2n) is 9.43. The Bertz CT molecular complexity index is 908. The van der Waals surface area contributed by atoms with Crippen LogP contribution in [0.15, 0.2) is 30.5 Å². The zero-order valence-corrected chi connectivity index (χ0v) is 17.1. The predicted octanol–water partition coefficient (Wildman–Crippen LogP) is 4.25. The molecule has 1 atom stereocenters. The molecule has 5 nitrogen and oxygen atoms in total. The number of likely N-dealkylation sites (tertiary alicyclic amines) is 1. The van der Waals surface area contributed by atoms with Crippen molar-refractivity contribution in [2.24, 2.45) is 11.3 Å². The lowest BCUT2D eigenvalue weighted by Crippen LogP contribution is -2.35. The van der Waals surface area contributed by atoms with Gasteiger partial charge < -0.3 is 15.2 Å². The molecule has 5 rings (SSSR count). The molecule has 2 heterocycles. The Morgan fingerprint density at radius 1 is 1.14 bits per heavy atom. The topological polar surface area (TPSA) is 65.2 Å². The highest BCUT2D eigenvalue weighted by molar-refractivity contribution is 6.06. The lowest BCUT2D eigenvalue weighted by atomic mass is 9.66. The van der Waals surface area contributed by atoms with Gasteiger partial charge in [-0.25, -0.2) is 0 Å². The Labute approximate surface area is 172 Å². The predicted molar refractivity (Wildman–Crippen MR) is 114 cm³/mol. The number of nitrogens with zero attached hydrogens (tertiary/aromatic N) is 1. The summed E-state index contributed by atoms with van der Waals surface area (Å²) in [6, 6.07) is 8.34. The van der Waals surface area contributed by atoms with Crippen LogP contribution in [0.25, 0.3) is 10.9 Å². The van der Waals surface area contributed by atoms with Gasteiger partial charge >= 0.3 is 0 Å². The second-order valence-corrected chi connectivity index (χ2v) is 9.43. The van der Waals surface area contributed by atoms with Crippen molar-refractivity contribution in [2.75, 3.05) is 13.1 Å². The molecule has 29 heavy (non-hydrogen) atoms. The summed E-state index contributed by atoms with van der Waals surface area (Å²) in [4.78, 5) is 31.0. The van der Waals surface area contributed by atoms with Crippen molar-refractivity contribution in [3.8, 4) is 0 Å². The highest BCUT2D eigenvalue weighted by Gasteiger charge is 2.48. The third kappa shape index (κ3) is 3.67. The van der Waals surface area contributed by atoms with Crippen LogP contribution in [0, 0.1) is 11.3 Å².